The van der Waals surface area contributed by atoms with Gasteiger partial charge in [-0.3, -0.25) is 0 Å². The maximum atomic E-state index is 13.7. The molecule has 0 unspecified atom stereocenters. The predicted octanol–water partition coefficient (Wildman–Crippen LogP) is 8.44. The van der Waals surface area contributed by atoms with Crippen molar-refractivity contribution in [3.8, 4) is 17.2 Å². The lowest BCUT2D eigenvalue weighted by molar-refractivity contribution is -0.154. The number of hydrogen-bond acceptors (Lipinski definition) is 10. The van der Waals surface area contributed by atoms with Crippen LogP contribution in [0.15, 0.2) is 78.9 Å². The van der Waals surface area contributed by atoms with E-state index in [1.165, 1.54) is 12.1 Å². The van der Waals surface area contributed by atoms with E-state index in [0.717, 1.165) is 27.6 Å². The molecule has 0 spiro atoms. The van der Waals surface area contributed by atoms with Gasteiger partial charge in [0.15, 0.2) is 5.79 Å². The Morgan fingerprint density at radius 3 is 2.32 bits per heavy atom. The second-order valence-electron chi connectivity index (χ2n) is 15.9. The lowest BCUT2D eigenvalue weighted by Gasteiger charge is -2.44. The number of methoxy groups -OCH3 is 2. The van der Waals surface area contributed by atoms with E-state index < -0.39 is 29.7 Å². The lowest BCUT2D eigenvalue weighted by atomic mass is 9.84. The van der Waals surface area contributed by atoms with Crippen LogP contribution in [0.1, 0.15) is 63.6 Å². The molecule has 4 aromatic carbocycles. The van der Waals surface area contributed by atoms with Crippen LogP contribution in [0.2, 0.25) is 0 Å². The number of rotatable bonds is 16. The normalized spacial score (nSPS) is 20.7. The second kappa shape index (κ2) is 18.9. The number of likely N-dealkylation sites (tertiary alicyclic amines) is 1. The van der Waals surface area contributed by atoms with Crippen LogP contribution in [-0.2, 0) is 41.6 Å². The number of piperidine rings is 1. The van der Waals surface area contributed by atoms with E-state index in [9.17, 15) is 9.18 Å². The highest BCUT2D eigenvalue weighted by atomic mass is 19.1. The standard InChI is InChI=1S/C45H56FNO10/c1-44(2,3)57-43(48)47-24-40(53-26-30-21-32-11-8-9-12-37(32)39(22-30)50-7)42(41(25-47)54-28-36-29-55-45(4,5)56-36)31-13-16-35(17-14-31)52-20-10-19-51-27-33-23-34(46)15-18-38(33)49-6/h8-9,11-18,21-23,36,40-42H,10,19-20,24-29H2,1-7H3/t36-,40-,41-,42+/m0/s1. The van der Waals surface area contributed by atoms with E-state index in [1.54, 1.807) is 25.2 Å². The second-order valence-corrected chi connectivity index (χ2v) is 15.9. The van der Waals surface area contributed by atoms with Crippen molar-refractivity contribution in [1.29, 1.82) is 0 Å². The third-order valence-corrected chi connectivity index (χ3v) is 9.85. The van der Waals surface area contributed by atoms with E-state index in [4.69, 9.17) is 42.6 Å². The zero-order valence-corrected chi connectivity index (χ0v) is 34.1. The quantitative estimate of drug-likeness (QED) is 0.103. The third-order valence-electron chi connectivity index (χ3n) is 9.85. The summed E-state index contributed by atoms with van der Waals surface area (Å²) >= 11 is 0. The Labute approximate surface area is 335 Å². The maximum Gasteiger partial charge on any atom is 0.410 e. The molecule has 2 aliphatic heterocycles. The zero-order chi connectivity index (χ0) is 40.6. The average molecular weight is 790 g/mol. The van der Waals surface area contributed by atoms with Gasteiger partial charge in [0.2, 0.25) is 0 Å². The van der Waals surface area contributed by atoms with Crippen molar-refractivity contribution in [2.24, 2.45) is 0 Å². The molecular formula is C45H56FNO10. The molecule has 2 aliphatic rings. The highest BCUT2D eigenvalue weighted by molar-refractivity contribution is 5.89. The van der Waals surface area contributed by atoms with Crippen LogP contribution in [0.5, 0.6) is 17.2 Å². The number of halogens is 1. The summed E-state index contributed by atoms with van der Waals surface area (Å²) in [5.41, 5.74) is 1.89. The summed E-state index contributed by atoms with van der Waals surface area (Å²) < 4.78 is 67.8. The van der Waals surface area contributed by atoms with Crippen molar-refractivity contribution in [2.45, 2.75) is 89.9 Å². The van der Waals surface area contributed by atoms with Gasteiger partial charge in [-0.05, 0) is 93.6 Å². The summed E-state index contributed by atoms with van der Waals surface area (Å²) in [7, 11) is 3.22. The monoisotopic (exact) mass is 789 g/mol. The molecular weight excluding hydrogens is 733 g/mol. The fourth-order valence-electron chi connectivity index (χ4n) is 7.24. The van der Waals surface area contributed by atoms with Crippen LogP contribution >= 0.6 is 0 Å². The Morgan fingerprint density at radius 2 is 1.61 bits per heavy atom. The minimum absolute atomic E-state index is 0.237. The Hall–Kier alpha value is -4.46. The maximum absolute atomic E-state index is 13.7. The van der Waals surface area contributed by atoms with Gasteiger partial charge in [-0.1, -0.05) is 36.4 Å². The number of amides is 1. The van der Waals surface area contributed by atoms with Crippen molar-refractivity contribution < 1.29 is 51.8 Å². The van der Waals surface area contributed by atoms with Crippen molar-refractivity contribution >= 4 is 16.9 Å². The van der Waals surface area contributed by atoms with Gasteiger partial charge in [0.25, 0.3) is 0 Å². The fraction of sp³-hybridized carbons (Fsp3) is 0.489. The van der Waals surface area contributed by atoms with Crippen LogP contribution in [0.3, 0.4) is 0 Å². The van der Waals surface area contributed by atoms with Gasteiger partial charge >= 0.3 is 6.09 Å². The molecule has 2 saturated heterocycles. The van der Waals surface area contributed by atoms with Gasteiger partial charge in [0.05, 0.1) is 79.2 Å². The molecule has 12 heteroatoms. The van der Waals surface area contributed by atoms with Gasteiger partial charge in [-0.15, -0.1) is 0 Å². The summed E-state index contributed by atoms with van der Waals surface area (Å²) in [6.07, 6.45) is -0.989. The van der Waals surface area contributed by atoms with E-state index in [2.05, 4.69) is 12.1 Å². The first-order chi connectivity index (χ1) is 27.3. The first-order valence-electron chi connectivity index (χ1n) is 19.5. The molecule has 2 heterocycles. The Morgan fingerprint density at radius 1 is 0.877 bits per heavy atom. The van der Waals surface area contributed by atoms with E-state index >= 15 is 0 Å². The summed E-state index contributed by atoms with van der Waals surface area (Å²) in [6, 6.07) is 24.5. The van der Waals surface area contributed by atoms with Gasteiger partial charge in [0.1, 0.15) is 34.8 Å². The van der Waals surface area contributed by atoms with Gasteiger partial charge in [-0.25, -0.2) is 9.18 Å². The van der Waals surface area contributed by atoms with Gasteiger partial charge in [0, 0.05) is 23.3 Å². The van der Waals surface area contributed by atoms with Crippen molar-refractivity contribution in [2.75, 3.05) is 53.7 Å². The van der Waals surface area contributed by atoms with Crippen molar-refractivity contribution in [3.63, 3.8) is 0 Å². The predicted molar refractivity (Wildman–Crippen MR) is 213 cm³/mol. The molecule has 4 atom stereocenters. The summed E-state index contributed by atoms with van der Waals surface area (Å²) in [5, 5.41) is 2.06. The van der Waals surface area contributed by atoms with Crippen LogP contribution in [0.25, 0.3) is 10.8 Å². The molecule has 4 aromatic rings. The van der Waals surface area contributed by atoms with Crippen LogP contribution in [-0.4, -0.2) is 94.4 Å². The average Bonchev–Trinajstić information content (AvgIpc) is 3.54. The number of fused-ring (bicyclic) bond motifs is 1. The minimum Gasteiger partial charge on any atom is -0.496 e. The van der Waals surface area contributed by atoms with Crippen molar-refractivity contribution in [3.05, 3.63) is 101 Å². The topological polar surface area (TPSA) is 103 Å². The third kappa shape index (κ3) is 11.6. The van der Waals surface area contributed by atoms with E-state index in [0.29, 0.717) is 56.4 Å². The molecule has 0 bridgehead atoms. The molecule has 0 radical (unpaired) electrons. The molecule has 308 valence electrons. The van der Waals surface area contributed by atoms with Gasteiger partial charge < -0.3 is 47.5 Å². The number of carbonyl (C=O) groups excluding carboxylic acids is 1. The summed E-state index contributed by atoms with van der Waals surface area (Å²) in [6.45, 7) is 12.0. The number of nitrogens with zero attached hydrogens (tertiary/aromatic N) is 1. The number of hydrogen-bond donors (Lipinski definition) is 0. The van der Waals surface area contributed by atoms with E-state index in [-0.39, 0.29) is 37.7 Å². The highest BCUT2D eigenvalue weighted by Crippen LogP contribution is 2.36. The molecule has 6 rings (SSSR count). The molecule has 0 aromatic heterocycles. The Bertz CT molecular complexity index is 1930. The Balaban J connectivity index is 1.18. The summed E-state index contributed by atoms with van der Waals surface area (Å²) in [5.74, 6) is 0.752. The Kier molecular flexibility index (Phi) is 14.0. The summed E-state index contributed by atoms with van der Waals surface area (Å²) in [4.78, 5) is 15.3. The molecule has 1 amide bonds. The molecule has 0 aliphatic carbocycles. The lowest BCUT2D eigenvalue weighted by Crippen LogP contribution is -2.55. The molecule has 11 nitrogen and oxygen atoms in total. The molecule has 2 fully saturated rings. The van der Waals surface area contributed by atoms with Crippen LogP contribution < -0.4 is 14.2 Å². The SMILES string of the molecule is COc1ccc(F)cc1COCCCOc1ccc([C@@H]2[C@@H](OCc3cc(OC)c4ccccc4c3)CN(C(=O)OC(C)(C)C)C[C@@H]2OC[C@H]2COC(C)(C)O2)cc1. The smallest absolute Gasteiger partial charge is 0.410 e. The zero-order valence-electron chi connectivity index (χ0n) is 34.1. The largest absolute Gasteiger partial charge is 0.496 e. The first-order valence-corrected chi connectivity index (χ1v) is 19.5. The number of carbonyl (C=O) groups is 1. The van der Waals surface area contributed by atoms with Crippen molar-refractivity contribution in [1.82, 2.24) is 4.90 Å². The molecule has 0 saturated carbocycles. The molecule has 57 heavy (non-hydrogen) atoms. The minimum atomic E-state index is -0.702. The van der Waals surface area contributed by atoms with Crippen LogP contribution in [0.4, 0.5) is 9.18 Å². The molecule has 0 N–H and O–H groups in total. The fourth-order valence-corrected chi connectivity index (χ4v) is 7.24. The first kappa shape index (κ1) is 42.2. The number of benzene rings is 4. The van der Waals surface area contributed by atoms with Gasteiger partial charge in [-0.2, -0.15) is 0 Å². The highest BCUT2D eigenvalue weighted by Gasteiger charge is 2.43. The number of ether oxygens (including phenoxy) is 9. The van der Waals surface area contributed by atoms with E-state index in [1.807, 2.05) is 83.1 Å². The van der Waals surface area contributed by atoms with Crippen LogP contribution in [0, 0.1) is 5.82 Å².